The number of likely N-dealkylation sites (tertiary alicyclic amines) is 1. The molecule has 2 amide bonds. The highest BCUT2D eigenvalue weighted by Gasteiger charge is 2.43. The summed E-state index contributed by atoms with van der Waals surface area (Å²) in [4.78, 5) is 43.7. The first kappa shape index (κ1) is 38.5. The summed E-state index contributed by atoms with van der Waals surface area (Å²) in [6.07, 6.45) is 11.5. The standard InChI is InChI=1S/C43H56ClN3O4/c1-4-45-40(31(2)3)41(49)46-38(42(50)47-28-16-17-29-47)30-39(48)51-43(34-20-12-9-13-21-34,36-22-14-15-23-37(36)44)35-26-24-33(25-27-35)32-18-10-7-5-6-8-11-19-32/h9,12-15,20-27,31-32,38,40,45H,4-8,10-11,16-19,28-30H2,1-3H3,(H,46,49)/t38-,40-,43?/m0/s1. The molecule has 0 aromatic heterocycles. The van der Waals surface area contributed by atoms with Gasteiger partial charge in [0.2, 0.25) is 11.8 Å². The minimum atomic E-state index is -1.41. The number of rotatable bonds is 13. The second kappa shape index (κ2) is 18.7. The molecule has 1 aliphatic heterocycles. The van der Waals surface area contributed by atoms with Crippen LogP contribution in [0.3, 0.4) is 0 Å². The van der Waals surface area contributed by atoms with E-state index in [2.05, 4.69) is 34.9 Å². The number of nitrogens with zero attached hydrogens (tertiary/aromatic N) is 1. The number of hydrogen-bond donors (Lipinski definition) is 2. The van der Waals surface area contributed by atoms with E-state index in [4.69, 9.17) is 16.3 Å². The zero-order valence-electron chi connectivity index (χ0n) is 30.7. The molecule has 8 heteroatoms. The van der Waals surface area contributed by atoms with Crippen molar-refractivity contribution in [1.82, 2.24) is 15.5 Å². The van der Waals surface area contributed by atoms with E-state index in [0.29, 0.717) is 36.1 Å². The first-order valence-electron chi connectivity index (χ1n) is 19.2. The van der Waals surface area contributed by atoms with Gasteiger partial charge in [0.1, 0.15) is 6.04 Å². The van der Waals surface area contributed by atoms with Crippen molar-refractivity contribution in [2.75, 3.05) is 19.6 Å². The van der Waals surface area contributed by atoms with E-state index < -0.39 is 23.7 Å². The Balaban J connectivity index is 1.53. The fourth-order valence-electron chi connectivity index (χ4n) is 7.88. The van der Waals surface area contributed by atoms with Crippen molar-refractivity contribution >= 4 is 29.4 Å². The van der Waals surface area contributed by atoms with Gasteiger partial charge in [0.05, 0.1) is 12.5 Å². The molecule has 274 valence electrons. The Kier molecular flexibility index (Phi) is 14.1. The predicted octanol–water partition coefficient (Wildman–Crippen LogP) is 8.52. The highest BCUT2D eigenvalue weighted by molar-refractivity contribution is 6.31. The maximum atomic E-state index is 14.4. The number of ether oxygens (including phenoxy) is 1. The Morgan fingerprint density at radius 2 is 1.39 bits per heavy atom. The molecule has 5 rings (SSSR count). The maximum absolute atomic E-state index is 14.4. The largest absolute Gasteiger partial charge is 0.444 e. The number of nitrogens with one attached hydrogen (secondary N) is 2. The third kappa shape index (κ3) is 9.61. The Morgan fingerprint density at radius 1 is 0.804 bits per heavy atom. The molecule has 0 radical (unpaired) electrons. The van der Waals surface area contributed by atoms with Gasteiger partial charge in [-0.05, 0) is 55.7 Å². The minimum absolute atomic E-state index is 0.0137. The highest BCUT2D eigenvalue weighted by Crippen LogP contribution is 2.44. The second-order valence-electron chi connectivity index (χ2n) is 14.6. The van der Waals surface area contributed by atoms with Gasteiger partial charge in [0.25, 0.3) is 0 Å². The third-order valence-corrected chi connectivity index (χ3v) is 11.0. The summed E-state index contributed by atoms with van der Waals surface area (Å²) >= 11 is 6.98. The molecule has 3 aromatic carbocycles. The molecular weight excluding hydrogens is 658 g/mol. The van der Waals surface area contributed by atoms with E-state index in [0.717, 1.165) is 24.0 Å². The molecule has 2 aliphatic rings. The quantitative estimate of drug-likeness (QED) is 0.137. The number of halogens is 1. The molecule has 7 nitrogen and oxygen atoms in total. The predicted molar refractivity (Wildman–Crippen MR) is 205 cm³/mol. The van der Waals surface area contributed by atoms with Crippen molar-refractivity contribution < 1.29 is 19.1 Å². The molecule has 2 fully saturated rings. The molecule has 1 aliphatic carbocycles. The number of carbonyl (C=O) groups excluding carboxylic acids is 3. The van der Waals surface area contributed by atoms with Crippen LogP contribution in [-0.4, -0.2) is 54.4 Å². The van der Waals surface area contributed by atoms with Crippen molar-refractivity contribution in [2.45, 2.75) is 115 Å². The molecule has 1 heterocycles. The summed E-state index contributed by atoms with van der Waals surface area (Å²) < 4.78 is 6.73. The SMILES string of the molecule is CCN[C@H](C(=O)N[C@@H](CC(=O)OC(c1ccccc1)(c1ccc(C2CCCCCCCC2)cc1)c1ccccc1Cl)C(=O)N1CCCC1)C(C)C. The van der Waals surface area contributed by atoms with Gasteiger partial charge >= 0.3 is 5.97 Å². The molecular formula is C43H56ClN3O4. The van der Waals surface area contributed by atoms with Crippen LogP contribution in [0.4, 0.5) is 0 Å². The van der Waals surface area contributed by atoms with Gasteiger partial charge in [-0.25, -0.2) is 0 Å². The normalized spacial score (nSPS) is 18.2. The van der Waals surface area contributed by atoms with Crippen LogP contribution in [0.2, 0.25) is 5.02 Å². The summed E-state index contributed by atoms with van der Waals surface area (Å²) in [5.74, 6) is -0.705. The van der Waals surface area contributed by atoms with Gasteiger partial charge in [-0.15, -0.1) is 0 Å². The molecule has 2 N–H and O–H groups in total. The van der Waals surface area contributed by atoms with Crippen LogP contribution in [0.1, 0.15) is 120 Å². The third-order valence-electron chi connectivity index (χ3n) is 10.6. The lowest BCUT2D eigenvalue weighted by Crippen LogP contribution is -2.55. The average molecular weight is 714 g/mol. The molecule has 1 saturated carbocycles. The fourth-order valence-corrected chi connectivity index (χ4v) is 8.14. The first-order valence-corrected chi connectivity index (χ1v) is 19.6. The van der Waals surface area contributed by atoms with Gasteiger partial charge < -0.3 is 20.3 Å². The summed E-state index contributed by atoms with van der Waals surface area (Å²) in [7, 11) is 0. The summed E-state index contributed by atoms with van der Waals surface area (Å²) in [5, 5.41) is 6.63. The lowest BCUT2D eigenvalue weighted by Gasteiger charge is -2.36. The van der Waals surface area contributed by atoms with Crippen molar-refractivity contribution in [3.8, 4) is 0 Å². The number of esters is 1. The van der Waals surface area contributed by atoms with Crippen LogP contribution in [0.25, 0.3) is 0 Å². The Labute approximate surface area is 309 Å². The Hall–Kier alpha value is -3.68. The van der Waals surface area contributed by atoms with E-state index in [1.165, 1.54) is 56.9 Å². The van der Waals surface area contributed by atoms with Crippen LogP contribution < -0.4 is 10.6 Å². The molecule has 1 saturated heterocycles. The van der Waals surface area contributed by atoms with Crippen LogP contribution in [-0.2, 0) is 24.7 Å². The molecule has 0 spiro atoms. The first-order chi connectivity index (χ1) is 24.7. The van der Waals surface area contributed by atoms with Gasteiger partial charge in [-0.2, -0.15) is 0 Å². The van der Waals surface area contributed by atoms with Gasteiger partial charge in [0.15, 0.2) is 5.60 Å². The smallest absolute Gasteiger partial charge is 0.310 e. The Bertz CT molecular complexity index is 1560. The fraction of sp³-hybridized carbons (Fsp3) is 0.512. The van der Waals surface area contributed by atoms with Gasteiger partial charge in [0, 0.05) is 34.8 Å². The van der Waals surface area contributed by atoms with Crippen molar-refractivity contribution in [1.29, 1.82) is 0 Å². The monoisotopic (exact) mass is 713 g/mol. The number of benzene rings is 3. The zero-order valence-corrected chi connectivity index (χ0v) is 31.4. The zero-order chi connectivity index (χ0) is 36.2. The molecule has 51 heavy (non-hydrogen) atoms. The average Bonchev–Trinajstić information content (AvgIpc) is 3.72. The van der Waals surface area contributed by atoms with E-state index >= 15 is 0 Å². The van der Waals surface area contributed by atoms with E-state index in [-0.39, 0.29) is 24.2 Å². The van der Waals surface area contributed by atoms with Crippen LogP contribution >= 0.6 is 11.6 Å². The Morgan fingerprint density at radius 3 is 2.00 bits per heavy atom. The number of carbonyl (C=O) groups is 3. The van der Waals surface area contributed by atoms with E-state index in [1.807, 2.05) is 69.3 Å². The lowest BCUT2D eigenvalue weighted by atomic mass is 9.78. The molecule has 3 aromatic rings. The molecule has 3 atom stereocenters. The summed E-state index contributed by atoms with van der Waals surface area (Å²) in [6.45, 7) is 7.65. The van der Waals surface area contributed by atoms with Crippen molar-refractivity contribution in [3.63, 3.8) is 0 Å². The van der Waals surface area contributed by atoms with E-state index in [9.17, 15) is 14.4 Å². The van der Waals surface area contributed by atoms with Gasteiger partial charge in [-0.1, -0.05) is 144 Å². The van der Waals surface area contributed by atoms with Crippen molar-refractivity contribution in [3.05, 3.63) is 106 Å². The van der Waals surface area contributed by atoms with Gasteiger partial charge in [-0.3, -0.25) is 14.4 Å². The second-order valence-corrected chi connectivity index (χ2v) is 15.0. The van der Waals surface area contributed by atoms with E-state index in [1.54, 1.807) is 11.0 Å². The van der Waals surface area contributed by atoms with Crippen LogP contribution in [0.15, 0.2) is 78.9 Å². The molecule has 0 bridgehead atoms. The lowest BCUT2D eigenvalue weighted by molar-refractivity contribution is -0.156. The summed E-state index contributed by atoms with van der Waals surface area (Å²) in [5.41, 5.74) is 2.01. The maximum Gasteiger partial charge on any atom is 0.310 e. The van der Waals surface area contributed by atoms with Crippen molar-refractivity contribution in [2.24, 2.45) is 5.92 Å². The highest BCUT2D eigenvalue weighted by atomic mass is 35.5. The minimum Gasteiger partial charge on any atom is -0.444 e. The van der Waals surface area contributed by atoms with Crippen LogP contribution in [0.5, 0.6) is 0 Å². The van der Waals surface area contributed by atoms with Crippen LogP contribution in [0, 0.1) is 5.92 Å². The number of likely N-dealkylation sites (N-methyl/N-ethyl adjacent to an activating group) is 1. The molecule has 1 unspecified atom stereocenters. The topological polar surface area (TPSA) is 87.7 Å². The number of amides is 2. The number of hydrogen-bond acceptors (Lipinski definition) is 5. The summed E-state index contributed by atoms with van der Waals surface area (Å²) in [6, 6.07) is 24.1.